The molecule has 4 nitrogen and oxygen atoms in total. The molecule has 0 fully saturated rings. The minimum Gasteiger partial charge on any atom is -0.468 e. The maximum absolute atomic E-state index is 12.6. The quantitative estimate of drug-likeness (QED) is 0.621. The first-order chi connectivity index (χ1) is 8.04. The molecule has 5 heteroatoms. The number of hydrogen-bond donors (Lipinski definition) is 1. The van der Waals surface area contributed by atoms with Crippen molar-refractivity contribution in [2.45, 2.75) is 18.9 Å². The van der Waals surface area contributed by atoms with Gasteiger partial charge in [0.2, 0.25) is 0 Å². The number of halogens is 1. The molecule has 17 heavy (non-hydrogen) atoms. The van der Waals surface area contributed by atoms with E-state index < -0.39 is 17.8 Å². The number of ether oxygens (including phenoxy) is 1. The highest BCUT2D eigenvalue weighted by molar-refractivity contribution is 5.96. The van der Waals surface area contributed by atoms with Gasteiger partial charge in [0.1, 0.15) is 11.9 Å². The fourth-order valence-electron chi connectivity index (χ4n) is 1.34. The molecule has 0 heterocycles. The van der Waals surface area contributed by atoms with Crippen LogP contribution in [0.5, 0.6) is 0 Å². The van der Waals surface area contributed by atoms with E-state index in [1.165, 1.54) is 31.4 Å². The summed E-state index contributed by atoms with van der Waals surface area (Å²) in [4.78, 5) is 22.6. The molecule has 0 amide bonds. The number of carbonyl (C=O) groups excluding carboxylic acids is 2. The molecule has 0 radical (unpaired) electrons. The summed E-state index contributed by atoms with van der Waals surface area (Å²) in [5, 5.41) is 0. The number of carbonyl (C=O) groups is 2. The van der Waals surface area contributed by atoms with E-state index in [4.69, 9.17) is 5.73 Å². The Morgan fingerprint density at radius 2 is 1.94 bits per heavy atom. The smallest absolute Gasteiger partial charge is 0.322 e. The molecule has 1 atom stereocenters. The van der Waals surface area contributed by atoms with Gasteiger partial charge in [0.05, 0.1) is 7.11 Å². The van der Waals surface area contributed by atoms with Gasteiger partial charge in [-0.2, -0.15) is 0 Å². The van der Waals surface area contributed by atoms with Crippen LogP contribution in [0.4, 0.5) is 4.39 Å². The minimum atomic E-state index is -0.801. The van der Waals surface area contributed by atoms with Crippen LogP contribution in [0.15, 0.2) is 24.3 Å². The van der Waals surface area contributed by atoms with Crippen LogP contribution in [0.25, 0.3) is 0 Å². The fraction of sp³-hybridized carbons (Fsp3) is 0.333. The molecule has 0 aromatic heterocycles. The first-order valence-corrected chi connectivity index (χ1v) is 5.16. The third kappa shape index (κ3) is 3.96. The van der Waals surface area contributed by atoms with Crippen molar-refractivity contribution in [3.05, 3.63) is 35.6 Å². The van der Waals surface area contributed by atoms with Gasteiger partial charge in [-0.05, 0) is 30.7 Å². The average Bonchev–Trinajstić information content (AvgIpc) is 2.35. The van der Waals surface area contributed by atoms with Gasteiger partial charge < -0.3 is 10.5 Å². The van der Waals surface area contributed by atoms with Gasteiger partial charge >= 0.3 is 5.97 Å². The van der Waals surface area contributed by atoms with Crippen LogP contribution in [0.1, 0.15) is 23.2 Å². The van der Waals surface area contributed by atoms with Gasteiger partial charge in [-0.3, -0.25) is 9.59 Å². The van der Waals surface area contributed by atoms with Crippen LogP contribution in [-0.2, 0) is 9.53 Å². The first kappa shape index (κ1) is 13.3. The number of Topliss-reactive ketones (excluding diaryl/α,β-unsaturated/α-hetero) is 1. The van der Waals surface area contributed by atoms with E-state index in [1.54, 1.807) is 0 Å². The molecular formula is C12H14FNO3. The number of rotatable bonds is 5. The van der Waals surface area contributed by atoms with E-state index in [0.29, 0.717) is 5.56 Å². The average molecular weight is 239 g/mol. The topological polar surface area (TPSA) is 69.4 Å². The Labute approximate surface area is 98.6 Å². The fourth-order valence-corrected chi connectivity index (χ4v) is 1.34. The van der Waals surface area contributed by atoms with E-state index in [1.807, 2.05) is 0 Å². The number of esters is 1. The number of ketones is 1. The normalized spacial score (nSPS) is 11.9. The molecule has 0 saturated carbocycles. The van der Waals surface area contributed by atoms with Crippen molar-refractivity contribution in [3.63, 3.8) is 0 Å². The first-order valence-electron chi connectivity index (χ1n) is 5.16. The maximum atomic E-state index is 12.6. The predicted molar refractivity (Wildman–Crippen MR) is 60.0 cm³/mol. The van der Waals surface area contributed by atoms with Gasteiger partial charge in [0.15, 0.2) is 5.78 Å². The van der Waals surface area contributed by atoms with E-state index in [2.05, 4.69) is 4.74 Å². The Hall–Kier alpha value is -1.75. The Morgan fingerprint density at radius 3 is 2.47 bits per heavy atom. The standard InChI is InChI=1S/C12H14FNO3/c1-17-12(16)10(14)6-7-11(15)8-2-4-9(13)5-3-8/h2-5,10H,6-7,14H2,1H3. The summed E-state index contributed by atoms with van der Waals surface area (Å²) in [7, 11) is 1.24. The molecule has 92 valence electrons. The highest BCUT2D eigenvalue weighted by Gasteiger charge is 2.15. The molecule has 0 aliphatic carbocycles. The molecule has 0 aliphatic heterocycles. The van der Waals surface area contributed by atoms with Gasteiger partial charge in [-0.25, -0.2) is 4.39 Å². The lowest BCUT2D eigenvalue weighted by Gasteiger charge is -2.08. The van der Waals surface area contributed by atoms with Crippen LogP contribution >= 0.6 is 0 Å². The Kier molecular flexibility index (Phi) is 4.78. The van der Waals surface area contributed by atoms with Gasteiger partial charge in [0, 0.05) is 12.0 Å². The van der Waals surface area contributed by atoms with E-state index in [0.717, 1.165) is 0 Å². The molecule has 2 N–H and O–H groups in total. The van der Waals surface area contributed by atoms with Crippen LogP contribution < -0.4 is 5.73 Å². The van der Waals surface area contributed by atoms with Crippen molar-refractivity contribution in [2.24, 2.45) is 5.73 Å². The Morgan fingerprint density at radius 1 is 1.35 bits per heavy atom. The minimum absolute atomic E-state index is 0.127. The molecule has 1 aromatic rings. The summed E-state index contributed by atoms with van der Waals surface area (Å²) >= 11 is 0. The lowest BCUT2D eigenvalue weighted by atomic mass is 10.0. The summed E-state index contributed by atoms with van der Waals surface area (Å²) in [5.41, 5.74) is 5.90. The number of hydrogen-bond acceptors (Lipinski definition) is 4. The largest absolute Gasteiger partial charge is 0.468 e. The van der Waals surface area contributed by atoms with Crippen molar-refractivity contribution in [2.75, 3.05) is 7.11 Å². The molecule has 0 spiro atoms. The van der Waals surface area contributed by atoms with Crippen LogP contribution in [-0.4, -0.2) is 24.9 Å². The third-order valence-corrected chi connectivity index (χ3v) is 2.35. The SMILES string of the molecule is COC(=O)C(N)CCC(=O)c1ccc(F)cc1. The van der Waals surface area contributed by atoms with E-state index in [9.17, 15) is 14.0 Å². The number of nitrogens with two attached hydrogens (primary N) is 1. The highest BCUT2D eigenvalue weighted by Crippen LogP contribution is 2.08. The van der Waals surface area contributed by atoms with Crippen molar-refractivity contribution < 1.29 is 18.7 Å². The van der Waals surface area contributed by atoms with Crippen molar-refractivity contribution in [1.82, 2.24) is 0 Å². The van der Waals surface area contributed by atoms with Crippen molar-refractivity contribution in [3.8, 4) is 0 Å². The molecule has 0 bridgehead atoms. The lowest BCUT2D eigenvalue weighted by Crippen LogP contribution is -2.32. The molecule has 0 aliphatic rings. The lowest BCUT2D eigenvalue weighted by molar-refractivity contribution is -0.142. The Balaban J connectivity index is 2.50. The summed E-state index contributed by atoms with van der Waals surface area (Å²) in [6.45, 7) is 0. The molecule has 1 unspecified atom stereocenters. The highest BCUT2D eigenvalue weighted by atomic mass is 19.1. The molecule has 1 rings (SSSR count). The number of benzene rings is 1. The second-order valence-corrected chi connectivity index (χ2v) is 3.60. The van der Waals surface area contributed by atoms with Gasteiger partial charge in [0.25, 0.3) is 0 Å². The second-order valence-electron chi connectivity index (χ2n) is 3.60. The molecule has 1 aromatic carbocycles. The maximum Gasteiger partial charge on any atom is 0.322 e. The molecular weight excluding hydrogens is 225 g/mol. The van der Waals surface area contributed by atoms with Crippen LogP contribution in [0, 0.1) is 5.82 Å². The number of methoxy groups -OCH3 is 1. The Bertz CT molecular complexity index is 403. The van der Waals surface area contributed by atoms with E-state index in [-0.39, 0.29) is 18.6 Å². The van der Waals surface area contributed by atoms with Gasteiger partial charge in [-0.1, -0.05) is 0 Å². The third-order valence-electron chi connectivity index (χ3n) is 2.35. The summed E-state index contributed by atoms with van der Waals surface area (Å²) < 4.78 is 17.1. The summed E-state index contributed by atoms with van der Waals surface area (Å²) in [5.74, 6) is -1.12. The predicted octanol–water partition coefficient (Wildman–Crippen LogP) is 1.29. The monoisotopic (exact) mass is 239 g/mol. The zero-order chi connectivity index (χ0) is 12.8. The van der Waals surface area contributed by atoms with Crippen LogP contribution in [0.3, 0.4) is 0 Å². The summed E-state index contributed by atoms with van der Waals surface area (Å²) in [6.07, 6.45) is 0.338. The molecule has 0 saturated heterocycles. The van der Waals surface area contributed by atoms with Crippen LogP contribution in [0.2, 0.25) is 0 Å². The second kappa shape index (κ2) is 6.10. The van der Waals surface area contributed by atoms with Crippen molar-refractivity contribution in [1.29, 1.82) is 0 Å². The summed E-state index contributed by atoms with van der Waals surface area (Å²) in [6, 6.07) is 4.44. The zero-order valence-electron chi connectivity index (χ0n) is 9.48. The van der Waals surface area contributed by atoms with E-state index >= 15 is 0 Å². The van der Waals surface area contributed by atoms with Crippen molar-refractivity contribution >= 4 is 11.8 Å². The zero-order valence-corrected chi connectivity index (χ0v) is 9.48. The van der Waals surface area contributed by atoms with Gasteiger partial charge in [-0.15, -0.1) is 0 Å².